The maximum Gasteiger partial charge on any atom is 0.155 e. The molecule has 0 aromatic heterocycles. The molecule has 1 aromatic rings. The van der Waals surface area contributed by atoms with Crippen LogP contribution in [0.4, 0.5) is 0 Å². The van der Waals surface area contributed by atoms with Gasteiger partial charge in [-0.1, -0.05) is 30.6 Å². The van der Waals surface area contributed by atoms with Gasteiger partial charge in [-0.25, -0.2) is 0 Å². The molecule has 0 saturated heterocycles. The zero-order valence-electron chi connectivity index (χ0n) is 16.7. The molecule has 5 rings (SSSR count). The third-order valence-corrected chi connectivity index (χ3v) is 8.76. The summed E-state index contributed by atoms with van der Waals surface area (Å²) in [6, 6.07) is 8.56. The van der Waals surface area contributed by atoms with Crippen molar-refractivity contribution in [2.45, 2.75) is 63.9 Å². The van der Waals surface area contributed by atoms with Crippen molar-refractivity contribution in [3.05, 3.63) is 47.0 Å². The Bertz CT molecular complexity index is 857. The summed E-state index contributed by atoms with van der Waals surface area (Å²) >= 11 is 0. The minimum Gasteiger partial charge on any atom is -0.393 e. The number of terminal acetylenes is 1. The third kappa shape index (κ3) is 2.63. The molecule has 7 atom stereocenters. The van der Waals surface area contributed by atoms with E-state index in [1.54, 1.807) is 0 Å². The van der Waals surface area contributed by atoms with Crippen molar-refractivity contribution in [1.29, 1.82) is 0 Å². The first-order valence-corrected chi connectivity index (χ1v) is 11.0. The number of fused-ring (bicyclic) bond motifs is 5. The SMILES string of the molecule is C#Cc1ccc([C@H]2C[C@]3(C)[C@@H](O)CC[C@H]3[C@@H]3CCC4=CC(=O)CC[C@@H]4[C@H]32)cc1. The van der Waals surface area contributed by atoms with Gasteiger partial charge in [-0.3, -0.25) is 4.79 Å². The van der Waals surface area contributed by atoms with E-state index < -0.39 is 0 Å². The highest BCUT2D eigenvalue weighted by Gasteiger charge is 2.59. The molecule has 0 amide bonds. The van der Waals surface area contributed by atoms with Gasteiger partial charge in [-0.05, 0) is 97.3 Å². The van der Waals surface area contributed by atoms with Gasteiger partial charge in [-0.15, -0.1) is 6.42 Å². The molecule has 28 heavy (non-hydrogen) atoms. The van der Waals surface area contributed by atoms with Gasteiger partial charge >= 0.3 is 0 Å². The van der Waals surface area contributed by atoms with E-state index in [-0.39, 0.29) is 11.5 Å². The Hall–Kier alpha value is -1.85. The van der Waals surface area contributed by atoms with Gasteiger partial charge in [0.05, 0.1) is 6.10 Å². The van der Waals surface area contributed by atoms with Crippen LogP contribution in [0.2, 0.25) is 0 Å². The van der Waals surface area contributed by atoms with Crippen molar-refractivity contribution >= 4 is 5.78 Å². The summed E-state index contributed by atoms with van der Waals surface area (Å²) in [5.74, 6) is 5.89. The van der Waals surface area contributed by atoms with E-state index in [2.05, 4.69) is 37.1 Å². The average molecular weight is 375 g/mol. The summed E-state index contributed by atoms with van der Waals surface area (Å²) in [6.45, 7) is 2.34. The molecule has 0 radical (unpaired) electrons. The lowest BCUT2D eigenvalue weighted by Crippen LogP contribution is -2.50. The summed E-state index contributed by atoms with van der Waals surface area (Å²) in [7, 11) is 0. The fraction of sp³-hybridized carbons (Fsp3) is 0.577. The van der Waals surface area contributed by atoms with Crippen LogP contribution in [0.25, 0.3) is 0 Å². The molecule has 0 heterocycles. The highest BCUT2D eigenvalue weighted by molar-refractivity contribution is 5.91. The number of ketones is 1. The molecule has 1 N–H and O–H groups in total. The van der Waals surface area contributed by atoms with Crippen LogP contribution in [0.3, 0.4) is 0 Å². The van der Waals surface area contributed by atoms with E-state index in [9.17, 15) is 9.90 Å². The minimum absolute atomic E-state index is 0.0162. The highest BCUT2D eigenvalue weighted by atomic mass is 16.3. The minimum atomic E-state index is -0.184. The monoisotopic (exact) mass is 374 g/mol. The molecule has 0 bridgehead atoms. The number of aliphatic hydroxyl groups is 1. The molecule has 0 aliphatic heterocycles. The van der Waals surface area contributed by atoms with Crippen molar-refractivity contribution in [1.82, 2.24) is 0 Å². The number of benzene rings is 1. The number of hydrogen-bond donors (Lipinski definition) is 1. The quantitative estimate of drug-likeness (QED) is 0.713. The van der Waals surface area contributed by atoms with Crippen LogP contribution >= 0.6 is 0 Å². The Kier molecular flexibility index (Phi) is 4.29. The van der Waals surface area contributed by atoms with E-state index in [1.807, 2.05) is 6.08 Å². The smallest absolute Gasteiger partial charge is 0.155 e. The van der Waals surface area contributed by atoms with Gasteiger partial charge in [-0.2, -0.15) is 0 Å². The first-order chi connectivity index (χ1) is 13.5. The second kappa shape index (κ2) is 6.60. The number of aliphatic hydroxyl groups excluding tert-OH is 1. The molecule has 1 aromatic carbocycles. The maximum absolute atomic E-state index is 12.0. The van der Waals surface area contributed by atoms with Crippen LogP contribution in [0, 0.1) is 41.4 Å². The Morgan fingerprint density at radius 3 is 2.61 bits per heavy atom. The van der Waals surface area contributed by atoms with Crippen molar-refractivity contribution in [2.75, 3.05) is 0 Å². The van der Waals surface area contributed by atoms with E-state index >= 15 is 0 Å². The van der Waals surface area contributed by atoms with Crippen LogP contribution in [-0.4, -0.2) is 17.0 Å². The number of rotatable bonds is 1. The molecule has 2 nitrogen and oxygen atoms in total. The normalized spacial score (nSPS) is 42.0. The number of carbonyl (C=O) groups is 1. The van der Waals surface area contributed by atoms with Crippen LogP contribution in [0.5, 0.6) is 0 Å². The molecule has 0 unspecified atom stereocenters. The van der Waals surface area contributed by atoms with Gasteiger partial charge in [0.1, 0.15) is 0 Å². The topological polar surface area (TPSA) is 37.3 Å². The van der Waals surface area contributed by atoms with Crippen LogP contribution in [0.1, 0.15) is 68.9 Å². The molecule has 4 aliphatic carbocycles. The summed E-state index contributed by atoms with van der Waals surface area (Å²) in [4.78, 5) is 12.0. The lowest BCUT2D eigenvalue weighted by molar-refractivity contribution is -0.116. The zero-order valence-corrected chi connectivity index (χ0v) is 16.7. The average Bonchev–Trinajstić information content (AvgIpc) is 3.01. The lowest BCUT2D eigenvalue weighted by Gasteiger charge is -2.57. The van der Waals surface area contributed by atoms with Gasteiger partial charge in [0.2, 0.25) is 0 Å². The number of allylic oxidation sites excluding steroid dienone is 1. The van der Waals surface area contributed by atoms with Crippen LogP contribution in [-0.2, 0) is 4.79 Å². The van der Waals surface area contributed by atoms with Crippen molar-refractivity contribution in [3.8, 4) is 12.3 Å². The summed E-state index contributed by atoms with van der Waals surface area (Å²) < 4.78 is 0. The Morgan fingerprint density at radius 2 is 1.86 bits per heavy atom. The van der Waals surface area contributed by atoms with Crippen molar-refractivity contribution in [2.24, 2.45) is 29.1 Å². The Balaban J connectivity index is 1.59. The summed E-state index contributed by atoms with van der Waals surface area (Å²) in [6.07, 6.45) is 14.5. The van der Waals surface area contributed by atoms with Gasteiger partial charge in [0, 0.05) is 12.0 Å². The molecular formula is C26H30O2. The lowest BCUT2D eigenvalue weighted by atomic mass is 9.48. The second-order valence-corrected chi connectivity index (χ2v) is 9.89. The Labute approximate surface area is 168 Å². The summed E-state index contributed by atoms with van der Waals surface area (Å²) in [5, 5.41) is 10.9. The first-order valence-electron chi connectivity index (χ1n) is 11.0. The van der Waals surface area contributed by atoms with Crippen LogP contribution < -0.4 is 0 Å². The van der Waals surface area contributed by atoms with Gasteiger partial charge in [0.25, 0.3) is 0 Å². The molecule has 146 valence electrons. The maximum atomic E-state index is 12.0. The molecule has 3 fully saturated rings. The first kappa shape index (κ1) is 18.2. The van der Waals surface area contributed by atoms with E-state index in [0.717, 1.165) is 37.7 Å². The Morgan fingerprint density at radius 1 is 1.07 bits per heavy atom. The molecular weight excluding hydrogens is 344 g/mol. The highest BCUT2D eigenvalue weighted by Crippen LogP contribution is 2.65. The molecule has 0 spiro atoms. The fourth-order valence-corrected chi connectivity index (χ4v) is 7.45. The third-order valence-electron chi connectivity index (χ3n) is 8.76. The fourth-order valence-electron chi connectivity index (χ4n) is 7.45. The predicted octanol–water partition coefficient (Wildman–Crippen LogP) is 4.86. The van der Waals surface area contributed by atoms with E-state index in [4.69, 9.17) is 6.42 Å². The standard InChI is InChI=1S/C26H30O2/c1-3-16-4-6-17(7-5-16)22-15-26(2)23(12-13-24(26)28)21-10-8-18-14-19(27)9-11-20(18)25(21)22/h1,4-7,14,20-25,28H,8-13,15H2,2H3/t20-,21-,22+,23-,24-,25+,26-/m0/s1. The molecule has 2 heteroatoms. The summed E-state index contributed by atoms with van der Waals surface area (Å²) in [5.41, 5.74) is 3.71. The molecule has 4 aliphatic rings. The van der Waals surface area contributed by atoms with Gasteiger partial charge < -0.3 is 5.11 Å². The second-order valence-electron chi connectivity index (χ2n) is 9.89. The zero-order chi connectivity index (χ0) is 19.5. The number of carbonyl (C=O) groups excluding carboxylic acids is 1. The van der Waals surface area contributed by atoms with Gasteiger partial charge in [0.15, 0.2) is 5.78 Å². The van der Waals surface area contributed by atoms with Crippen molar-refractivity contribution < 1.29 is 9.90 Å². The van der Waals surface area contributed by atoms with Crippen LogP contribution in [0.15, 0.2) is 35.9 Å². The number of hydrogen-bond acceptors (Lipinski definition) is 2. The van der Waals surface area contributed by atoms with E-state index in [0.29, 0.717) is 41.8 Å². The molecule has 3 saturated carbocycles. The predicted molar refractivity (Wildman–Crippen MR) is 111 cm³/mol. The van der Waals surface area contributed by atoms with Crippen molar-refractivity contribution in [3.63, 3.8) is 0 Å². The van der Waals surface area contributed by atoms with E-state index in [1.165, 1.54) is 17.6 Å². The largest absolute Gasteiger partial charge is 0.393 e.